The third-order valence-corrected chi connectivity index (χ3v) is 4.49. The summed E-state index contributed by atoms with van der Waals surface area (Å²) in [5.74, 6) is 0.613. The Morgan fingerprint density at radius 2 is 2.14 bits per heavy atom. The zero-order valence-corrected chi connectivity index (χ0v) is 14.6. The largest absolute Gasteiger partial charge is 0.444 e. The molecule has 0 spiro atoms. The van der Waals surface area contributed by atoms with Crippen LogP contribution in [0.2, 0.25) is 0 Å². The third-order valence-electron chi connectivity index (χ3n) is 4.49. The maximum Gasteiger partial charge on any atom is 0.410 e. The third kappa shape index (κ3) is 5.13. The Labute approximate surface area is 134 Å². The van der Waals surface area contributed by atoms with E-state index < -0.39 is 5.60 Å². The van der Waals surface area contributed by atoms with Gasteiger partial charge in [0.2, 0.25) is 0 Å². The van der Waals surface area contributed by atoms with Crippen LogP contribution >= 0.6 is 0 Å². The fourth-order valence-corrected chi connectivity index (χ4v) is 3.33. The van der Waals surface area contributed by atoms with Crippen molar-refractivity contribution in [2.45, 2.75) is 71.1 Å². The van der Waals surface area contributed by atoms with Gasteiger partial charge in [-0.3, -0.25) is 0 Å². The van der Waals surface area contributed by atoms with E-state index in [1.807, 2.05) is 25.7 Å². The van der Waals surface area contributed by atoms with Crippen molar-refractivity contribution in [3.8, 4) is 0 Å². The molecule has 2 aliphatic heterocycles. The number of amides is 1. The summed E-state index contributed by atoms with van der Waals surface area (Å²) < 4.78 is 11.2. The number of carbonyl (C=O) groups excluding carboxylic acids is 1. The first-order chi connectivity index (χ1) is 10.4. The van der Waals surface area contributed by atoms with Gasteiger partial charge in [0, 0.05) is 32.3 Å². The molecule has 22 heavy (non-hydrogen) atoms. The summed E-state index contributed by atoms with van der Waals surface area (Å²) in [6, 6.07) is 0.374. The van der Waals surface area contributed by atoms with Crippen molar-refractivity contribution in [1.82, 2.24) is 10.2 Å². The van der Waals surface area contributed by atoms with Gasteiger partial charge in [0.1, 0.15) is 5.60 Å². The highest BCUT2D eigenvalue weighted by molar-refractivity contribution is 5.68. The van der Waals surface area contributed by atoms with Crippen molar-refractivity contribution in [3.05, 3.63) is 0 Å². The van der Waals surface area contributed by atoms with Crippen LogP contribution in [0.25, 0.3) is 0 Å². The average Bonchev–Trinajstić information content (AvgIpc) is 2.91. The molecule has 5 heteroatoms. The van der Waals surface area contributed by atoms with Gasteiger partial charge in [-0.15, -0.1) is 0 Å². The molecule has 1 amide bonds. The number of ether oxygens (including phenoxy) is 2. The molecule has 0 aromatic carbocycles. The summed E-state index contributed by atoms with van der Waals surface area (Å²) in [5.41, 5.74) is -0.424. The van der Waals surface area contributed by atoms with Crippen molar-refractivity contribution in [2.24, 2.45) is 5.92 Å². The first-order valence-corrected chi connectivity index (χ1v) is 8.72. The maximum absolute atomic E-state index is 12.2. The second kappa shape index (κ2) is 7.64. The fraction of sp³-hybridized carbons (Fsp3) is 0.941. The molecular weight excluding hydrogens is 280 g/mol. The molecule has 0 bridgehead atoms. The predicted molar refractivity (Wildman–Crippen MR) is 87.0 cm³/mol. The van der Waals surface area contributed by atoms with Crippen LogP contribution in [0.3, 0.4) is 0 Å². The van der Waals surface area contributed by atoms with Gasteiger partial charge in [-0.25, -0.2) is 4.79 Å². The molecule has 128 valence electrons. The number of nitrogens with zero attached hydrogens (tertiary/aromatic N) is 1. The molecule has 0 saturated carbocycles. The lowest BCUT2D eigenvalue weighted by atomic mass is 9.98. The van der Waals surface area contributed by atoms with E-state index in [2.05, 4.69) is 12.2 Å². The second-order valence-electron chi connectivity index (χ2n) is 7.54. The number of piperidine rings is 1. The first-order valence-electron chi connectivity index (χ1n) is 8.72. The van der Waals surface area contributed by atoms with Crippen LogP contribution in [0.1, 0.15) is 53.4 Å². The van der Waals surface area contributed by atoms with E-state index in [0.29, 0.717) is 18.1 Å². The van der Waals surface area contributed by atoms with Crippen LogP contribution in [0.4, 0.5) is 4.79 Å². The van der Waals surface area contributed by atoms with E-state index in [0.717, 1.165) is 51.9 Å². The quantitative estimate of drug-likeness (QED) is 0.867. The Kier molecular flexibility index (Phi) is 6.09. The van der Waals surface area contributed by atoms with Gasteiger partial charge < -0.3 is 19.7 Å². The maximum atomic E-state index is 12.2. The summed E-state index contributed by atoms with van der Waals surface area (Å²) in [7, 11) is 0. The Bertz CT molecular complexity index is 367. The highest BCUT2D eigenvalue weighted by Gasteiger charge is 2.30. The topological polar surface area (TPSA) is 50.8 Å². The standard InChI is InChI=1S/C17H32N2O3/c1-5-15-13(8-10-21-15)11-18-14-7-6-9-19(12-14)16(20)22-17(2,3)4/h13-15,18H,5-12H2,1-4H3. The Morgan fingerprint density at radius 3 is 2.82 bits per heavy atom. The van der Waals surface area contributed by atoms with E-state index in [-0.39, 0.29) is 6.09 Å². The normalized spacial score (nSPS) is 29.6. The van der Waals surface area contributed by atoms with Gasteiger partial charge >= 0.3 is 6.09 Å². The van der Waals surface area contributed by atoms with Gasteiger partial charge in [0.15, 0.2) is 0 Å². The summed E-state index contributed by atoms with van der Waals surface area (Å²) in [5, 5.41) is 3.65. The first kappa shape index (κ1) is 17.5. The molecule has 2 aliphatic rings. The van der Waals surface area contributed by atoms with E-state index in [4.69, 9.17) is 9.47 Å². The van der Waals surface area contributed by atoms with E-state index in [1.54, 1.807) is 0 Å². The Hall–Kier alpha value is -0.810. The van der Waals surface area contributed by atoms with Gasteiger partial charge in [-0.05, 0) is 52.4 Å². The van der Waals surface area contributed by atoms with Crippen molar-refractivity contribution in [1.29, 1.82) is 0 Å². The molecule has 2 rings (SSSR count). The van der Waals surface area contributed by atoms with Crippen molar-refractivity contribution in [2.75, 3.05) is 26.2 Å². The summed E-state index contributed by atoms with van der Waals surface area (Å²) in [6.45, 7) is 11.4. The highest BCUT2D eigenvalue weighted by Crippen LogP contribution is 2.23. The lowest BCUT2D eigenvalue weighted by molar-refractivity contribution is 0.0183. The number of rotatable bonds is 4. The van der Waals surface area contributed by atoms with Gasteiger partial charge in [0.25, 0.3) is 0 Å². The van der Waals surface area contributed by atoms with Crippen LogP contribution in [0.15, 0.2) is 0 Å². The predicted octanol–water partition coefficient (Wildman–Crippen LogP) is 2.79. The van der Waals surface area contributed by atoms with Crippen LogP contribution in [0, 0.1) is 5.92 Å². The second-order valence-corrected chi connectivity index (χ2v) is 7.54. The molecule has 1 N–H and O–H groups in total. The minimum Gasteiger partial charge on any atom is -0.444 e. The monoisotopic (exact) mass is 312 g/mol. The molecule has 3 unspecified atom stereocenters. The Morgan fingerprint density at radius 1 is 1.36 bits per heavy atom. The molecule has 2 saturated heterocycles. The highest BCUT2D eigenvalue weighted by atomic mass is 16.6. The summed E-state index contributed by atoms with van der Waals surface area (Å²) in [6.07, 6.45) is 4.61. The molecule has 2 heterocycles. The van der Waals surface area contributed by atoms with E-state index in [1.165, 1.54) is 0 Å². The van der Waals surface area contributed by atoms with Gasteiger partial charge in [-0.2, -0.15) is 0 Å². The minimum absolute atomic E-state index is 0.186. The lowest BCUT2D eigenvalue weighted by Crippen LogP contribution is -2.50. The molecule has 0 radical (unpaired) electrons. The van der Waals surface area contributed by atoms with Crippen molar-refractivity contribution < 1.29 is 14.3 Å². The number of hydrogen-bond donors (Lipinski definition) is 1. The lowest BCUT2D eigenvalue weighted by Gasteiger charge is -2.35. The minimum atomic E-state index is -0.424. The molecule has 5 nitrogen and oxygen atoms in total. The molecule has 3 atom stereocenters. The van der Waals surface area contributed by atoms with Crippen LogP contribution in [-0.2, 0) is 9.47 Å². The molecule has 0 aromatic rings. The van der Waals surface area contributed by atoms with Gasteiger partial charge in [-0.1, -0.05) is 6.92 Å². The Balaban J connectivity index is 1.77. The van der Waals surface area contributed by atoms with Gasteiger partial charge in [0.05, 0.1) is 6.10 Å². The smallest absolute Gasteiger partial charge is 0.410 e. The molecular formula is C17H32N2O3. The molecule has 2 fully saturated rings. The molecule has 0 aliphatic carbocycles. The SMILES string of the molecule is CCC1OCCC1CNC1CCCN(C(=O)OC(C)(C)C)C1. The number of likely N-dealkylation sites (tertiary alicyclic amines) is 1. The summed E-state index contributed by atoms with van der Waals surface area (Å²) >= 11 is 0. The zero-order chi connectivity index (χ0) is 16.2. The van der Waals surface area contributed by atoms with Crippen LogP contribution in [-0.4, -0.2) is 55.0 Å². The van der Waals surface area contributed by atoms with Crippen LogP contribution < -0.4 is 5.32 Å². The number of nitrogens with one attached hydrogen (secondary N) is 1. The van der Waals surface area contributed by atoms with Crippen molar-refractivity contribution >= 4 is 6.09 Å². The fourth-order valence-electron chi connectivity index (χ4n) is 3.33. The number of hydrogen-bond acceptors (Lipinski definition) is 4. The van der Waals surface area contributed by atoms with E-state index >= 15 is 0 Å². The summed E-state index contributed by atoms with van der Waals surface area (Å²) in [4.78, 5) is 14.0. The van der Waals surface area contributed by atoms with Crippen molar-refractivity contribution in [3.63, 3.8) is 0 Å². The average molecular weight is 312 g/mol. The van der Waals surface area contributed by atoms with Crippen LogP contribution in [0.5, 0.6) is 0 Å². The zero-order valence-electron chi connectivity index (χ0n) is 14.6. The van der Waals surface area contributed by atoms with E-state index in [9.17, 15) is 4.79 Å². The number of carbonyl (C=O) groups is 1. The molecule has 0 aromatic heterocycles.